The molecular formula is C19H21N3O. The van der Waals surface area contributed by atoms with Gasteiger partial charge in [-0.1, -0.05) is 30.3 Å². The van der Waals surface area contributed by atoms with Gasteiger partial charge >= 0.3 is 6.03 Å². The minimum absolute atomic E-state index is 0.0646. The predicted octanol–water partition coefficient (Wildman–Crippen LogP) is 4.71. The second-order valence-corrected chi connectivity index (χ2v) is 5.43. The van der Waals surface area contributed by atoms with E-state index in [1.54, 1.807) is 4.90 Å². The summed E-state index contributed by atoms with van der Waals surface area (Å²) in [6.45, 7) is 5.35. The number of urea groups is 1. The second-order valence-electron chi connectivity index (χ2n) is 5.43. The highest BCUT2D eigenvalue weighted by molar-refractivity contribution is 5.95. The fourth-order valence-corrected chi connectivity index (χ4v) is 2.80. The standard InChI is InChI=1S/C19H21N3O/c1-3-22(4-2)19(23)21-16-9-5-8-15(13-16)17-10-6-7-14-11-12-20-18(14)17/h5-13,20H,3-4H2,1-2H3,(H,21,23). The zero-order chi connectivity index (χ0) is 16.2. The molecule has 0 aliphatic heterocycles. The Hall–Kier alpha value is -2.75. The van der Waals surface area contributed by atoms with Gasteiger partial charge in [-0.3, -0.25) is 0 Å². The second kappa shape index (κ2) is 6.57. The van der Waals surface area contributed by atoms with Crippen LogP contribution in [0, 0.1) is 0 Å². The SMILES string of the molecule is CCN(CC)C(=O)Nc1cccc(-c2cccc3cc[nH]c23)c1. The third-order valence-electron chi connectivity index (χ3n) is 4.06. The number of para-hydroxylation sites is 1. The molecule has 0 bridgehead atoms. The third-order valence-corrected chi connectivity index (χ3v) is 4.06. The fourth-order valence-electron chi connectivity index (χ4n) is 2.80. The quantitative estimate of drug-likeness (QED) is 0.720. The maximum absolute atomic E-state index is 12.2. The van der Waals surface area contributed by atoms with Gasteiger partial charge in [-0.15, -0.1) is 0 Å². The van der Waals surface area contributed by atoms with Crippen LogP contribution in [0.2, 0.25) is 0 Å². The Bertz CT molecular complexity index is 818. The molecule has 4 nitrogen and oxygen atoms in total. The number of benzene rings is 2. The van der Waals surface area contributed by atoms with E-state index in [1.165, 1.54) is 5.39 Å². The average Bonchev–Trinajstić information content (AvgIpc) is 3.04. The smallest absolute Gasteiger partial charge is 0.321 e. The molecule has 1 aromatic heterocycles. The topological polar surface area (TPSA) is 48.1 Å². The summed E-state index contributed by atoms with van der Waals surface area (Å²) in [7, 11) is 0. The number of H-pyrrole nitrogens is 1. The monoisotopic (exact) mass is 307 g/mol. The van der Waals surface area contributed by atoms with E-state index in [-0.39, 0.29) is 6.03 Å². The van der Waals surface area contributed by atoms with Gasteiger partial charge in [0.05, 0.1) is 5.52 Å². The molecule has 0 unspecified atom stereocenters. The minimum atomic E-state index is -0.0646. The highest BCUT2D eigenvalue weighted by Crippen LogP contribution is 2.29. The van der Waals surface area contributed by atoms with Crippen molar-refractivity contribution in [2.75, 3.05) is 18.4 Å². The van der Waals surface area contributed by atoms with Crippen molar-refractivity contribution >= 4 is 22.6 Å². The molecule has 2 aromatic carbocycles. The van der Waals surface area contributed by atoms with Gasteiger partial charge in [0.1, 0.15) is 0 Å². The Morgan fingerprint density at radius 3 is 2.65 bits per heavy atom. The Kier molecular flexibility index (Phi) is 4.33. The molecule has 0 saturated heterocycles. The van der Waals surface area contributed by atoms with E-state index in [9.17, 15) is 4.79 Å². The van der Waals surface area contributed by atoms with Crippen LogP contribution in [0.1, 0.15) is 13.8 Å². The summed E-state index contributed by atoms with van der Waals surface area (Å²) in [6, 6.07) is 16.2. The van der Waals surface area contributed by atoms with Crippen LogP contribution in [0.25, 0.3) is 22.0 Å². The summed E-state index contributed by atoms with van der Waals surface area (Å²) < 4.78 is 0. The van der Waals surface area contributed by atoms with E-state index in [1.807, 2.05) is 44.3 Å². The van der Waals surface area contributed by atoms with E-state index >= 15 is 0 Å². The summed E-state index contributed by atoms with van der Waals surface area (Å²) in [5.74, 6) is 0. The lowest BCUT2D eigenvalue weighted by Gasteiger charge is -2.19. The Balaban J connectivity index is 1.91. The highest BCUT2D eigenvalue weighted by atomic mass is 16.2. The maximum atomic E-state index is 12.2. The number of aromatic amines is 1. The number of nitrogens with zero attached hydrogens (tertiary/aromatic N) is 1. The van der Waals surface area contributed by atoms with Gasteiger partial charge in [0, 0.05) is 30.5 Å². The number of hydrogen-bond acceptors (Lipinski definition) is 1. The molecule has 0 spiro atoms. The normalized spacial score (nSPS) is 10.7. The molecule has 23 heavy (non-hydrogen) atoms. The Morgan fingerprint density at radius 2 is 1.87 bits per heavy atom. The first-order valence-electron chi connectivity index (χ1n) is 7.95. The lowest BCUT2D eigenvalue weighted by atomic mass is 10.0. The molecule has 2 N–H and O–H groups in total. The van der Waals surface area contributed by atoms with Crippen LogP contribution in [0.15, 0.2) is 54.7 Å². The van der Waals surface area contributed by atoms with Gasteiger partial charge < -0.3 is 15.2 Å². The molecule has 0 aliphatic carbocycles. The molecule has 0 saturated carbocycles. The first kappa shape index (κ1) is 15.2. The predicted molar refractivity (Wildman–Crippen MR) is 95.7 cm³/mol. The van der Waals surface area contributed by atoms with Crippen molar-refractivity contribution in [3.05, 3.63) is 54.7 Å². The van der Waals surface area contributed by atoms with E-state index in [4.69, 9.17) is 0 Å². The minimum Gasteiger partial charge on any atom is -0.361 e. The Morgan fingerprint density at radius 1 is 1.09 bits per heavy atom. The largest absolute Gasteiger partial charge is 0.361 e. The van der Waals surface area contributed by atoms with Crippen molar-refractivity contribution in [3.8, 4) is 11.1 Å². The highest BCUT2D eigenvalue weighted by Gasteiger charge is 2.10. The molecule has 3 rings (SSSR count). The molecule has 3 aromatic rings. The number of rotatable bonds is 4. The van der Waals surface area contributed by atoms with Gasteiger partial charge in [-0.05, 0) is 43.0 Å². The lowest BCUT2D eigenvalue weighted by molar-refractivity contribution is 0.217. The maximum Gasteiger partial charge on any atom is 0.321 e. The summed E-state index contributed by atoms with van der Waals surface area (Å²) >= 11 is 0. The van der Waals surface area contributed by atoms with Gasteiger partial charge in [0.15, 0.2) is 0 Å². The van der Waals surface area contributed by atoms with Crippen LogP contribution in [-0.4, -0.2) is 29.0 Å². The number of carbonyl (C=O) groups excluding carboxylic acids is 1. The summed E-state index contributed by atoms with van der Waals surface area (Å²) in [4.78, 5) is 17.3. The van der Waals surface area contributed by atoms with Crippen molar-refractivity contribution < 1.29 is 4.79 Å². The van der Waals surface area contributed by atoms with E-state index in [2.05, 4.69) is 34.6 Å². The summed E-state index contributed by atoms with van der Waals surface area (Å²) in [6.07, 6.45) is 1.94. The number of amides is 2. The van der Waals surface area contributed by atoms with Gasteiger partial charge in [-0.2, -0.15) is 0 Å². The van der Waals surface area contributed by atoms with Crippen LogP contribution in [0.3, 0.4) is 0 Å². The van der Waals surface area contributed by atoms with Gasteiger partial charge in [0.2, 0.25) is 0 Å². The number of anilines is 1. The van der Waals surface area contributed by atoms with Gasteiger partial charge in [0.25, 0.3) is 0 Å². The fraction of sp³-hybridized carbons (Fsp3) is 0.211. The molecule has 2 amide bonds. The molecule has 1 heterocycles. The zero-order valence-corrected chi connectivity index (χ0v) is 13.5. The Labute approximate surface area is 136 Å². The molecule has 0 aliphatic rings. The molecule has 0 radical (unpaired) electrons. The van der Waals surface area contributed by atoms with Crippen molar-refractivity contribution in [2.24, 2.45) is 0 Å². The molecule has 4 heteroatoms. The summed E-state index contributed by atoms with van der Waals surface area (Å²) in [5.41, 5.74) is 4.13. The van der Waals surface area contributed by atoms with Crippen LogP contribution in [0.4, 0.5) is 10.5 Å². The molecular weight excluding hydrogens is 286 g/mol. The number of carbonyl (C=O) groups is 1. The average molecular weight is 307 g/mol. The van der Waals surface area contributed by atoms with Crippen molar-refractivity contribution in [1.82, 2.24) is 9.88 Å². The first-order chi connectivity index (χ1) is 11.2. The van der Waals surface area contributed by atoms with Crippen molar-refractivity contribution in [1.29, 1.82) is 0 Å². The first-order valence-corrected chi connectivity index (χ1v) is 7.95. The third kappa shape index (κ3) is 3.06. The number of fused-ring (bicyclic) bond motifs is 1. The van der Waals surface area contributed by atoms with Crippen LogP contribution >= 0.6 is 0 Å². The zero-order valence-electron chi connectivity index (χ0n) is 13.5. The molecule has 0 fully saturated rings. The number of aromatic nitrogens is 1. The van der Waals surface area contributed by atoms with Crippen LogP contribution < -0.4 is 5.32 Å². The van der Waals surface area contributed by atoms with Crippen molar-refractivity contribution in [3.63, 3.8) is 0 Å². The lowest BCUT2D eigenvalue weighted by Crippen LogP contribution is -2.34. The van der Waals surface area contributed by atoms with Gasteiger partial charge in [-0.25, -0.2) is 4.79 Å². The number of nitrogens with one attached hydrogen (secondary N) is 2. The van der Waals surface area contributed by atoms with Crippen LogP contribution in [0.5, 0.6) is 0 Å². The van der Waals surface area contributed by atoms with Crippen LogP contribution in [-0.2, 0) is 0 Å². The summed E-state index contributed by atoms with van der Waals surface area (Å²) in [5, 5.41) is 4.15. The number of hydrogen-bond donors (Lipinski definition) is 2. The van der Waals surface area contributed by atoms with E-state index in [0.717, 1.165) is 22.3 Å². The van der Waals surface area contributed by atoms with Crippen molar-refractivity contribution in [2.45, 2.75) is 13.8 Å². The molecule has 118 valence electrons. The van der Waals surface area contributed by atoms with E-state index < -0.39 is 0 Å². The van der Waals surface area contributed by atoms with E-state index in [0.29, 0.717) is 13.1 Å². The molecule has 0 atom stereocenters.